The molecule has 2 aliphatic rings. The number of hydrogen-bond donors (Lipinski definition) is 2. The number of fused-ring (bicyclic) bond motifs is 3. The molecule has 1 saturated heterocycles. The van der Waals surface area contributed by atoms with Gasteiger partial charge in [-0.2, -0.15) is 0 Å². The third-order valence-electron chi connectivity index (χ3n) is 6.59. The van der Waals surface area contributed by atoms with Gasteiger partial charge in [0.05, 0.1) is 5.92 Å². The molecule has 0 saturated carbocycles. The number of likely N-dealkylation sites (tertiary alicyclic amines) is 1. The van der Waals surface area contributed by atoms with Crippen molar-refractivity contribution in [3.05, 3.63) is 59.7 Å². The molecule has 1 unspecified atom stereocenters. The number of piperidine rings is 1. The van der Waals surface area contributed by atoms with Gasteiger partial charge in [-0.05, 0) is 41.5 Å². The third kappa shape index (κ3) is 4.87. The Hall–Kier alpha value is -3.35. The van der Waals surface area contributed by atoms with Gasteiger partial charge in [-0.25, -0.2) is 4.79 Å². The highest BCUT2D eigenvalue weighted by molar-refractivity contribution is 5.86. The van der Waals surface area contributed by atoms with Gasteiger partial charge in [0.25, 0.3) is 0 Å². The number of carbonyl (C=O) groups is 3. The summed E-state index contributed by atoms with van der Waals surface area (Å²) in [5.41, 5.74) is 4.56. The van der Waals surface area contributed by atoms with Crippen molar-refractivity contribution in [3.8, 4) is 11.1 Å². The van der Waals surface area contributed by atoms with Crippen molar-refractivity contribution in [1.29, 1.82) is 0 Å². The van der Waals surface area contributed by atoms with Gasteiger partial charge in [-0.1, -0.05) is 61.9 Å². The summed E-state index contributed by atoms with van der Waals surface area (Å²) in [7, 11) is 0. The summed E-state index contributed by atoms with van der Waals surface area (Å²) in [5.74, 6) is -1.73. The van der Waals surface area contributed by atoms with E-state index in [-0.39, 0.29) is 25.0 Å². The lowest BCUT2D eigenvalue weighted by molar-refractivity contribution is -0.146. The minimum atomic E-state index is -0.885. The Labute approximate surface area is 193 Å². The first-order valence-electron chi connectivity index (χ1n) is 11.6. The number of nitrogens with one attached hydrogen (secondary N) is 1. The Kier molecular flexibility index (Phi) is 6.96. The number of amides is 2. The number of ether oxygens (including phenoxy) is 1. The molecule has 1 aliphatic carbocycles. The van der Waals surface area contributed by atoms with Crippen molar-refractivity contribution in [2.45, 2.75) is 44.6 Å². The van der Waals surface area contributed by atoms with Gasteiger partial charge in [0.15, 0.2) is 0 Å². The summed E-state index contributed by atoms with van der Waals surface area (Å²) < 4.78 is 5.60. The standard InChI is InChI=1S/C26H30N2O5/c1-2-8-23(24(29)28-14-7-9-17(15-28)25(30)31)27-26(32)33-16-22-20-12-5-3-10-18(20)19-11-4-6-13-21(19)22/h3-6,10-13,17,22-23H,2,7-9,14-16H2,1H3,(H,27,32)(H,30,31)/t17?,23-/m1/s1. The molecule has 2 N–H and O–H groups in total. The van der Waals surface area contributed by atoms with Crippen LogP contribution in [-0.4, -0.2) is 53.7 Å². The molecule has 0 spiro atoms. The summed E-state index contributed by atoms with van der Waals surface area (Å²) in [4.78, 5) is 38.6. The maximum atomic E-state index is 13.0. The van der Waals surface area contributed by atoms with Gasteiger partial charge < -0.3 is 20.1 Å². The molecule has 33 heavy (non-hydrogen) atoms. The smallest absolute Gasteiger partial charge is 0.407 e. The minimum absolute atomic E-state index is 0.0538. The normalized spacial score (nSPS) is 18.2. The lowest BCUT2D eigenvalue weighted by Gasteiger charge is -2.33. The molecule has 2 aromatic rings. The van der Waals surface area contributed by atoms with Crippen LogP contribution in [0, 0.1) is 5.92 Å². The van der Waals surface area contributed by atoms with Gasteiger partial charge in [0, 0.05) is 19.0 Å². The zero-order chi connectivity index (χ0) is 23.4. The van der Waals surface area contributed by atoms with E-state index in [1.54, 1.807) is 4.90 Å². The molecule has 0 radical (unpaired) electrons. The van der Waals surface area contributed by atoms with Crippen molar-refractivity contribution in [2.75, 3.05) is 19.7 Å². The lowest BCUT2D eigenvalue weighted by Crippen LogP contribution is -2.52. The number of carbonyl (C=O) groups excluding carboxylic acids is 2. The molecular formula is C26H30N2O5. The van der Waals surface area contributed by atoms with Gasteiger partial charge in [-0.3, -0.25) is 9.59 Å². The Morgan fingerprint density at radius 3 is 2.33 bits per heavy atom. The fourth-order valence-electron chi connectivity index (χ4n) is 4.93. The van der Waals surface area contributed by atoms with Crippen LogP contribution in [0.5, 0.6) is 0 Å². The molecule has 2 atom stereocenters. The molecule has 1 aliphatic heterocycles. The molecule has 4 rings (SSSR count). The number of benzene rings is 2. The van der Waals surface area contributed by atoms with Crippen LogP contribution in [0.2, 0.25) is 0 Å². The molecule has 7 heteroatoms. The van der Waals surface area contributed by atoms with Crippen LogP contribution in [0.15, 0.2) is 48.5 Å². The van der Waals surface area contributed by atoms with E-state index in [1.165, 1.54) is 0 Å². The van der Waals surface area contributed by atoms with Crippen molar-refractivity contribution in [2.24, 2.45) is 5.92 Å². The number of carboxylic acid groups (broad SMARTS) is 1. The molecule has 1 heterocycles. The molecule has 1 fully saturated rings. The summed E-state index contributed by atoms with van der Waals surface area (Å²) in [6.07, 6.45) is 1.76. The molecule has 2 aromatic carbocycles. The van der Waals surface area contributed by atoms with Gasteiger partial charge in [-0.15, -0.1) is 0 Å². The number of alkyl carbamates (subject to hydrolysis) is 1. The number of aliphatic carboxylic acids is 1. The van der Waals surface area contributed by atoms with Crippen LogP contribution in [0.25, 0.3) is 11.1 Å². The largest absolute Gasteiger partial charge is 0.481 e. The molecule has 0 bridgehead atoms. The summed E-state index contributed by atoms with van der Waals surface area (Å²) in [6, 6.07) is 15.5. The van der Waals surface area contributed by atoms with Crippen LogP contribution >= 0.6 is 0 Å². The van der Waals surface area contributed by atoms with Gasteiger partial charge in [0.1, 0.15) is 12.6 Å². The van der Waals surface area contributed by atoms with Crippen LogP contribution in [0.4, 0.5) is 4.79 Å². The predicted molar refractivity (Wildman–Crippen MR) is 124 cm³/mol. The topological polar surface area (TPSA) is 95.9 Å². The van der Waals surface area contributed by atoms with E-state index in [0.717, 1.165) is 22.3 Å². The first kappa shape index (κ1) is 22.8. The van der Waals surface area contributed by atoms with E-state index < -0.39 is 24.0 Å². The summed E-state index contributed by atoms with van der Waals surface area (Å²) in [5, 5.41) is 12.0. The number of nitrogens with zero attached hydrogens (tertiary/aromatic N) is 1. The molecule has 7 nitrogen and oxygen atoms in total. The number of rotatable bonds is 7. The lowest BCUT2D eigenvalue weighted by atomic mass is 9.97. The summed E-state index contributed by atoms with van der Waals surface area (Å²) >= 11 is 0. The number of hydrogen-bond acceptors (Lipinski definition) is 4. The Morgan fingerprint density at radius 1 is 1.09 bits per heavy atom. The van der Waals surface area contributed by atoms with Crippen LogP contribution in [0.1, 0.15) is 49.7 Å². The van der Waals surface area contributed by atoms with Crippen LogP contribution in [-0.2, 0) is 14.3 Å². The highest BCUT2D eigenvalue weighted by Crippen LogP contribution is 2.44. The van der Waals surface area contributed by atoms with E-state index in [4.69, 9.17) is 4.74 Å². The highest BCUT2D eigenvalue weighted by Gasteiger charge is 2.33. The fourth-order valence-corrected chi connectivity index (χ4v) is 4.93. The quantitative estimate of drug-likeness (QED) is 0.664. The van der Waals surface area contributed by atoms with E-state index in [0.29, 0.717) is 32.2 Å². The first-order valence-corrected chi connectivity index (χ1v) is 11.6. The first-order chi connectivity index (χ1) is 16.0. The minimum Gasteiger partial charge on any atom is -0.481 e. The number of carboxylic acids is 1. The molecule has 2 amide bonds. The molecular weight excluding hydrogens is 420 g/mol. The van der Waals surface area contributed by atoms with Crippen molar-refractivity contribution in [1.82, 2.24) is 10.2 Å². The SMILES string of the molecule is CCC[C@@H](NC(=O)OCC1c2ccccc2-c2ccccc21)C(=O)N1CCCC(C(=O)O)C1. The molecule has 174 valence electrons. The average Bonchev–Trinajstić information content (AvgIpc) is 3.16. The molecule has 0 aromatic heterocycles. The highest BCUT2D eigenvalue weighted by atomic mass is 16.5. The Bertz CT molecular complexity index is 991. The van der Waals surface area contributed by atoms with Crippen LogP contribution < -0.4 is 5.32 Å². The fraction of sp³-hybridized carbons (Fsp3) is 0.423. The van der Waals surface area contributed by atoms with E-state index in [1.807, 2.05) is 31.2 Å². The van der Waals surface area contributed by atoms with Gasteiger partial charge >= 0.3 is 12.1 Å². The zero-order valence-electron chi connectivity index (χ0n) is 18.8. The second-order valence-corrected chi connectivity index (χ2v) is 8.77. The second kappa shape index (κ2) is 10.1. The maximum Gasteiger partial charge on any atom is 0.407 e. The Balaban J connectivity index is 1.40. The second-order valence-electron chi connectivity index (χ2n) is 8.77. The maximum absolute atomic E-state index is 13.0. The predicted octanol–water partition coefficient (Wildman–Crippen LogP) is 4.02. The average molecular weight is 451 g/mol. The van der Waals surface area contributed by atoms with E-state index in [2.05, 4.69) is 29.6 Å². The van der Waals surface area contributed by atoms with Gasteiger partial charge in [0.2, 0.25) is 5.91 Å². The zero-order valence-corrected chi connectivity index (χ0v) is 18.8. The van der Waals surface area contributed by atoms with Crippen molar-refractivity contribution < 1.29 is 24.2 Å². The third-order valence-corrected chi connectivity index (χ3v) is 6.59. The van der Waals surface area contributed by atoms with E-state index in [9.17, 15) is 19.5 Å². The van der Waals surface area contributed by atoms with Crippen LogP contribution in [0.3, 0.4) is 0 Å². The van der Waals surface area contributed by atoms with Crippen molar-refractivity contribution in [3.63, 3.8) is 0 Å². The Morgan fingerprint density at radius 2 is 1.73 bits per heavy atom. The van der Waals surface area contributed by atoms with E-state index >= 15 is 0 Å². The van der Waals surface area contributed by atoms with Crippen molar-refractivity contribution >= 4 is 18.0 Å². The monoisotopic (exact) mass is 450 g/mol. The summed E-state index contributed by atoms with van der Waals surface area (Å²) in [6.45, 7) is 2.81.